The first-order chi connectivity index (χ1) is 10.9. The van der Waals surface area contributed by atoms with E-state index in [1.54, 1.807) is 0 Å². The lowest BCUT2D eigenvalue weighted by molar-refractivity contribution is -0.385. The van der Waals surface area contributed by atoms with E-state index in [0.29, 0.717) is 11.3 Å². The van der Waals surface area contributed by atoms with Gasteiger partial charge in [0.2, 0.25) is 0 Å². The summed E-state index contributed by atoms with van der Waals surface area (Å²) in [4.78, 5) is 20.1. The summed E-state index contributed by atoms with van der Waals surface area (Å²) >= 11 is 5.94. The van der Waals surface area contributed by atoms with Crippen LogP contribution in [-0.2, 0) is 0 Å². The number of nitrogens with zero attached hydrogens (tertiary/aromatic N) is 2. The molecule has 1 atom stereocenters. The van der Waals surface area contributed by atoms with Crippen LogP contribution < -0.4 is 5.32 Å². The van der Waals surface area contributed by atoms with E-state index < -0.39 is 16.0 Å². The summed E-state index contributed by atoms with van der Waals surface area (Å²) in [6, 6.07) is 9.48. The Labute approximate surface area is 135 Å². The monoisotopic (exact) mass is 337 g/mol. The molecule has 8 nitrogen and oxygen atoms in total. The van der Waals surface area contributed by atoms with Gasteiger partial charge in [0.25, 0.3) is 11.4 Å². The largest absolute Gasteiger partial charge is 0.387 e. The molecule has 23 heavy (non-hydrogen) atoms. The van der Waals surface area contributed by atoms with Crippen LogP contribution in [0.4, 0.5) is 17.1 Å². The first-order valence-corrected chi connectivity index (χ1v) is 6.86. The molecular formula is C14H12ClN3O5. The normalized spacial score (nSPS) is 11.7. The molecule has 0 unspecified atom stereocenters. The molecule has 0 fully saturated rings. The number of nitro benzene ring substituents is 2. The zero-order chi connectivity index (χ0) is 17.0. The fourth-order valence-corrected chi connectivity index (χ4v) is 2.15. The van der Waals surface area contributed by atoms with Gasteiger partial charge >= 0.3 is 0 Å². The van der Waals surface area contributed by atoms with Gasteiger partial charge in [0.05, 0.1) is 26.7 Å². The van der Waals surface area contributed by atoms with Crippen molar-refractivity contribution in [2.24, 2.45) is 0 Å². The molecule has 2 aromatic carbocycles. The molecule has 0 bridgehead atoms. The Morgan fingerprint density at radius 3 is 2.13 bits per heavy atom. The minimum absolute atomic E-state index is 0.0627. The van der Waals surface area contributed by atoms with Gasteiger partial charge in [-0.25, -0.2) is 0 Å². The molecule has 2 rings (SSSR count). The smallest absolute Gasteiger partial charge is 0.271 e. The van der Waals surface area contributed by atoms with Crippen molar-refractivity contribution in [1.82, 2.24) is 0 Å². The van der Waals surface area contributed by atoms with Gasteiger partial charge in [0.1, 0.15) is 0 Å². The number of aliphatic hydroxyl groups is 1. The molecule has 0 aliphatic heterocycles. The molecule has 0 saturated heterocycles. The van der Waals surface area contributed by atoms with Gasteiger partial charge in [-0.1, -0.05) is 11.6 Å². The minimum atomic E-state index is -0.915. The molecule has 0 amide bonds. The van der Waals surface area contributed by atoms with Crippen LogP contribution in [0.25, 0.3) is 0 Å². The maximum absolute atomic E-state index is 10.6. The quantitative estimate of drug-likeness (QED) is 0.616. The molecule has 0 radical (unpaired) electrons. The topological polar surface area (TPSA) is 119 Å². The number of halogens is 1. The van der Waals surface area contributed by atoms with Crippen LogP contribution in [0.15, 0.2) is 42.5 Å². The molecule has 0 aliphatic carbocycles. The Kier molecular flexibility index (Phi) is 5.09. The lowest BCUT2D eigenvalue weighted by Gasteiger charge is -2.14. The lowest BCUT2D eigenvalue weighted by Crippen LogP contribution is -2.12. The van der Waals surface area contributed by atoms with Crippen LogP contribution in [0.1, 0.15) is 11.7 Å². The van der Waals surface area contributed by atoms with Gasteiger partial charge in [-0.15, -0.1) is 0 Å². The predicted molar refractivity (Wildman–Crippen MR) is 84.7 cm³/mol. The van der Waals surface area contributed by atoms with Gasteiger partial charge in [0.15, 0.2) is 0 Å². The molecule has 120 valence electrons. The van der Waals surface area contributed by atoms with Gasteiger partial charge in [-0.2, -0.15) is 0 Å². The number of aliphatic hydroxyl groups excluding tert-OH is 1. The van der Waals surface area contributed by atoms with Crippen LogP contribution >= 0.6 is 11.6 Å². The molecular weight excluding hydrogens is 326 g/mol. The third kappa shape index (κ3) is 4.15. The van der Waals surface area contributed by atoms with Crippen molar-refractivity contribution in [2.75, 3.05) is 11.9 Å². The highest BCUT2D eigenvalue weighted by Gasteiger charge is 2.13. The van der Waals surface area contributed by atoms with E-state index >= 15 is 0 Å². The summed E-state index contributed by atoms with van der Waals surface area (Å²) in [5.74, 6) is 0. The second-order valence-corrected chi connectivity index (χ2v) is 5.07. The summed E-state index contributed by atoms with van der Waals surface area (Å²) in [7, 11) is 0. The van der Waals surface area contributed by atoms with Crippen LogP contribution in [0.5, 0.6) is 0 Å². The van der Waals surface area contributed by atoms with Gasteiger partial charge in [-0.3, -0.25) is 20.2 Å². The minimum Gasteiger partial charge on any atom is -0.387 e. The maximum Gasteiger partial charge on any atom is 0.271 e. The van der Waals surface area contributed by atoms with Gasteiger partial charge in [-0.05, 0) is 23.8 Å². The van der Waals surface area contributed by atoms with Crippen LogP contribution in [-0.4, -0.2) is 21.5 Å². The van der Waals surface area contributed by atoms with Crippen molar-refractivity contribution in [3.8, 4) is 0 Å². The fraction of sp³-hybridized carbons (Fsp3) is 0.143. The molecule has 0 aliphatic rings. The van der Waals surface area contributed by atoms with Crippen LogP contribution in [0, 0.1) is 20.2 Å². The van der Waals surface area contributed by atoms with Crippen molar-refractivity contribution in [3.05, 3.63) is 73.3 Å². The van der Waals surface area contributed by atoms with E-state index in [4.69, 9.17) is 11.6 Å². The summed E-state index contributed by atoms with van der Waals surface area (Å²) in [6.45, 7) is 0.0926. The zero-order valence-electron chi connectivity index (χ0n) is 11.7. The van der Waals surface area contributed by atoms with E-state index in [0.717, 1.165) is 0 Å². The van der Waals surface area contributed by atoms with Crippen LogP contribution in [0.3, 0.4) is 0 Å². The van der Waals surface area contributed by atoms with Crippen molar-refractivity contribution in [2.45, 2.75) is 6.10 Å². The molecule has 2 N–H and O–H groups in total. The summed E-state index contributed by atoms with van der Waals surface area (Å²) in [5, 5.41) is 34.3. The Balaban J connectivity index is 2.02. The van der Waals surface area contributed by atoms with Crippen molar-refractivity contribution >= 4 is 28.7 Å². The Bertz CT molecular complexity index is 736. The number of nitrogens with one attached hydrogen (secondary N) is 1. The average molecular weight is 338 g/mol. The Morgan fingerprint density at radius 1 is 1.04 bits per heavy atom. The van der Waals surface area contributed by atoms with E-state index in [9.17, 15) is 25.3 Å². The second kappa shape index (κ2) is 7.03. The average Bonchev–Trinajstić information content (AvgIpc) is 2.53. The molecule has 2 aromatic rings. The number of benzene rings is 2. The van der Waals surface area contributed by atoms with Gasteiger partial charge < -0.3 is 10.4 Å². The summed E-state index contributed by atoms with van der Waals surface area (Å²) in [6.07, 6.45) is -0.915. The number of anilines is 1. The third-order valence-corrected chi connectivity index (χ3v) is 3.45. The van der Waals surface area contributed by atoms with E-state index in [1.165, 1.54) is 42.5 Å². The van der Waals surface area contributed by atoms with Crippen molar-refractivity contribution in [1.29, 1.82) is 0 Å². The second-order valence-electron chi connectivity index (χ2n) is 4.67. The van der Waals surface area contributed by atoms with E-state index in [-0.39, 0.29) is 22.9 Å². The Hall–Kier alpha value is -2.71. The van der Waals surface area contributed by atoms with E-state index in [2.05, 4.69) is 5.32 Å². The highest BCUT2D eigenvalue weighted by Crippen LogP contribution is 2.27. The van der Waals surface area contributed by atoms with E-state index in [1.807, 2.05) is 0 Å². The van der Waals surface area contributed by atoms with Gasteiger partial charge in [0, 0.05) is 30.8 Å². The summed E-state index contributed by atoms with van der Waals surface area (Å²) in [5.41, 5.74) is 0.753. The molecule has 0 saturated carbocycles. The number of rotatable bonds is 6. The number of hydrogen-bond acceptors (Lipinski definition) is 6. The predicted octanol–water partition coefficient (Wildman–Crippen LogP) is 3.30. The highest BCUT2D eigenvalue weighted by molar-refractivity contribution is 6.33. The number of nitro groups is 2. The first kappa shape index (κ1) is 16.7. The molecule has 0 aromatic heterocycles. The molecule has 9 heteroatoms. The zero-order valence-corrected chi connectivity index (χ0v) is 12.4. The first-order valence-electron chi connectivity index (χ1n) is 6.48. The molecule has 0 spiro atoms. The standard InChI is InChI=1S/C14H12ClN3O5/c15-12-7-11(18(22)23)5-6-13(12)16-8-14(19)9-1-3-10(4-2-9)17(20)21/h1-7,14,16,19H,8H2/t14-/m0/s1. The Morgan fingerprint density at radius 2 is 1.61 bits per heavy atom. The molecule has 0 heterocycles. The van der Waals surface area contributed by atoms with Crippen molar-refractivity contribution in [3.63, 3.8) is 0 Å². The number of non-ortho nitro benzene ring substituents is 2. The van der Waals surface area contributed by atoms with Crippen LogP contribution in [0.2, 0.25) is 5.02 Å². The number of hydrogen-bond donors (Lipinski definition) is 2. The SMILES string of the molecule is O=[N+]([O-])c1ccc([C@@H](O)CNc2ccc([N+](=O)[O-])cc2Cl)cc1. The fourth-order valence-electron chi connectivity index (χ4n) is 1.90. The van der Waals surface area contributed by atoms with Crippen molar-refractivity contribution < 1.29 is 15.0 Å². The lowest BCUT2D eigenvalue weighted by atomic mass is 10.1. The summed E-state index contributed by atoms with van der Waals surface area (Å²) < 4.78 is 0. The maximum atomic E-state index is 10.6. The highest BCUT2D eigenvalue weighted by atomic mass is 35.5. The third-order valence-electron chi connectivity index (χ3n) is 3.14.